The number of nitrogens with zero attached hydrogens (tertiary/aromatic N) is 2. The lowest BCUT2D eigenvalue weighted by molar-refractivity contribution is 0.672. The molecular formula is C60H38N2O. The van der Waals surface area contributed by atoms with Gasteiger partial charge in [0.15, 0.2) is 0 Å². The Morgan fingerprint density at radius 2 is 0.921 bits per heavy atom. The van der Waals surface area contributed by atoms with Crippen LogP contribution in [0.1, 0.15) is 0 Å². The second-order valence-corrected chi connectivity index (χ2v) is 16.5. The molecule has 0 saturated heterocycles. The van der Waals surface area contributed by atoms with Crippen molar-refractivity contribution < 1.29 is 4.42 Å². The second kappa shape index (κ2) is 14.1. The fourth-order valence-electron chi connectivity index (χ4n) is 10.1. The number of aromatic nitrogens is 1. The molecule has 0 atom stereocenters. The summed E-state index contributed by atoms with van der Waals surface area (Å²) in [5.74, 6) is 0. The predicted octanol–water partition coefficient (Wildman–Crippen LogP) is 16.9. The van der Waals surface area contributed by atoms with Crippen LogP contribution < -0.4 is 4.90 Å². The average molecular weight is 803 g/mol. The molecule has 11 aromatic carbocycles. The Hall–Kier alpha value is -8.40. The maximum absolute atomic E-state index is 6.73. The molecule has 63 heavy (non-hydrogen) atoms. The molecule has 0 aliphatic carbocycles. The zero-order chi connectivity index (χ0) is 41.4. The van der Waals surface area contributed by atoms with E-state index in [0.717, 1.165) is 55.5 Å². The molecule has 13 aromatic rings. The summed E-state index contributed by atoms with van der Waals surface area (Å²) in [5.41, 5.74) is 13.4. The minimum Gasteiger partial charge on any atom is -0.455 e. The first-order valence-electron chi connectivity index (χ1n) is 21.6. The molecule has 0 N–H and O–H groups in total. The van der Waals surface area contributed by atoms with Gasteiger partial charge in [0.05, 0.1) is 22.1 Å². The smallest absolute Gasteiger partial charge is 0.143 e. The van der Waals surface area contributed by atoms with Gasteiger partial charge in [0.2, 0.25) is 0 Å². The predicted molar refractivity (Wildman–Crippen MR) is 266 cm³/mol. The second-order valence-electron chi connectivity index (χ2n) is 16.5. The molecule has 0 spiro atoms. The van der Waals surface area contributed by atoms with Crippen LogP contribution in [0.25, 0.3) is 104 Å². The molecular weight excluding hydrogens is 765 g/mol. The minimum atomic E-state index is 0.864. The van der Waals surface area contributed by atoms with Gasteiger partial charge < -0.3 is 13.9 Å². The lowest BCUT2D eigenvalue weighted by Gasteiger charge is -2.27. The van der Waals surface area contributed by atoms with Crippen molar-refractivity contribution in [1.82, 2.24) is 4.57 Å². The van der Waals surface area contributed by atoms with Gasteiger partial charge in [0.25, 0.3) is 0 Å². The van der Waals surface area contributed by atoms with Gasteiger partial charge in [-0.25, -0.2) is 0 Å². The van der Waals surface area contributed by atoms with Gasteiger partial charge >= 0.3 is 0 Å². The highest BCUT2D eigenvalue weighted by Crippen LogP contribution is 2.46. The minimum absolute atomic E-state index is 0.864. The van der Waals surface area contributed by atoms with E-state index in [4.69, 9.17) is 4.42 Å². The number of rotatable bonds is 6. The number of benzene rings is 11. The lowest BCUT2D eigenvalue weighted by atomic mass is 9.94. The Labute approximate surface area is 363 Å². The van der Waals surface area contributed by atoms with E-state index in [2.05, 4.69) is 240 Å². The summed E-state index contributed by atoms with van der Waals surface area (Å²) in [5, 5.41) is 11.8. The Balaban J connectivity index is 0.975. The fraction of sp³-hybridized carbons (Fsp3) is 0. The molecule has 0 aliphatic heterocycles. The van der Waals surface area contributed by atoms with Crippen molar-refractivity contribution in [2.45, 2.75) is 0 Å². The van der Waals surface area contributed by atoms with E-state index >= 15 is 0 Å². The molecule has 0 unspecified atom stereocenters. The highest BCUT2D eigenvalue weighted by atomic mass is 16.3. The normalized spacial score (nSPS) is 11.8. The van der Waals surface area contributed by atoms with E-state index in [9.17, 15) is 0 Å². The zero-order valence-electron chi connectivity index (χ0n) is 34.2. The van der Waals surface area contributed by atoms with E-state index in [-0.39, 0.29) is 0 Å². The summed E-state index contributed by atoms with van der Waals surface area (Å²) in [6, 6.07) is 83.4. The van der Waals surface area contributed by atoms with Gasteiger partial charge in [0, 0.05) is 38.6 Å². The molecule has 2 heterocycles. The van der Waals surface area contributed by atoms with Crippen molar-refractivity contribution in [3.8, 4) is 27.9 Å². The van der Waals surface area contributed by atoms with Gasteiger partial charge in [-0.05, 0) is 116 Å². The van der Waals surface area contributed by atoms with Gasteiger partial charge in [-0.3, -0.25) is 0 Å². The highest BCUT2D eigenvalue weighted by molar-refractivity contribution is 6.20. The quantitative estimate of drug-likeness (QED) is 0.156. The summed E-state index contributed by atoms with van der Waals surface area (Å²) in [6.07, 6.45) is 0. The van der Waals surface area contributed by atoms with E-state index in [0.29, 0.717) is 0 Å². The molecule has 3 heteroatoms. The largest absolute Gasteiger partial charge is 0.455 e. The van der Waals surface area contributed by atoms with Crippen molar-refractivity contribution in [2.75, 3.05) is 4.90 Å². The number of anilines is 3. The molecule has 0 aliphatic rings. The van der Waals surface area contributed by atoms with Gasteiger partial charge in [-0.15, -0.1) is 0 Å². The lowest BCUT2D eigenvalue weighted by Crippen LogP contribution is -2.10. The van der Waals surface area contributed by atoms with Gasteiger partial charge in [-0.1, -0.05) is 164 Å². The maximum Gasteiger partial charge on any atom is 0.143 e. The molecule has 3 nitrogen and oxygen atoms in total. The SMILES string of the molecule is c1ccc(-c2ccccc2-c2ccc(N(c3ccc4c(ccc5cc(-n6c7ccccc7c7ccccc76)ccc54)c3)c3cccc4oc5c6ccccc6ccc5c34)cc2)cc1. The summed E-state index contributed by atoms with van der Waals surface area (Å²) >= 11 is 0. The van der Waals surface area contributed by atoms with E-state index in [1.807, 2.05) is 0 Å². The summed E-state index contributed by atoms with van der Waals surface area (Å²) in [6.45, 7) is 0. The first-order chi connectivity index (χ1) is 31.2. The monoisotopic (exact) mass is 802 g/mol. The van der Waals surface area contributed by atoms with Gasteiger partial charge in [0.1, 0.15) is 11.2 Å². The van der Waals surface area contributed by atoms with Crippen molar-refractivity contribution in [3.63, 3.8) is 0 Å². The molecule has 0 radical (unpaired) electrons. The van der Waals surface area contributed by atoms with Crippen LogP contribution in [0.2, 0.25) is 0 Å². The van der Waals surface area contributed by atoms with Crippen LogP contribution in [-0.2, 0) is 0 Å². The molecule has 0 fully saturated rings. The van der Waals surface area contributed by atoms with Crippen molar-refractivity contribution in [1.29, 1.82) is 0 Å². The van der Waals surface area contributed by atoms with Crippen LogP contribution in [0, 0.1) is 0 Å². The molecule has 0 amide bonds. The van der Waals surface area contributed by atoms with Crippen LogP contribution >= 0.6 is 0 Å². The van der Waals surface area contributed by atoms with Crippen molar-refractivity contribution in [2.24, 2.45) is 0 Å². The van der Waals surface area contributed by atoms with Crippen LogP contribution in [0.4, 0.5) is 17.1 Å². The van der Waals surface area contributed by atoms with E-state index in [1.54, 1.807) is 0 Å². The standard InChI is InChI=1S/C60H38N2O/c1-2-13-39(14-3-1)47-16-6-7-17-48(47)41-27-30-44(31-28-41)61(57-23-12-24-58-59(57)54-34-29-40-15-4-5-18-51(40)60(54)63-58)45-32-35-49-42(37-45)25-26-43-38-46(33-36-50(43)49)62-55-21-10-8-19-52(55)53-20-9-11-22-56(53)62/h1-38H. The Kier molecular flexibility index (Phi) is 7.91. The van der Waals surface area contributed by atoms with E-state index < -0.39 is 0 Å². The van der Waals surface area contributed by atoms with Crippen molar-refractivity contribution in [3.05, 3.63) is 231 Å². The first-order valence-corrected chi connectivity index (χ1v) is 21.6. The number of hydrogen-bond donors (Lipinski definition) is 0. The van der Waals surface area contributed by atoms with Crippen LogP contribution in [0.3, 0.4) is 0 Å². The summed E-state index contributed by atoms with van der Waals surface area (Å²) in [4.78, 5) is 2.40. The number of hydrogen-bond acceptors (Lipinski definition) is 2. The van der Waals surface area contributed by atoms with Crippen molar-refractivity contribution >= 4 is 93.1 Å². The summed E-state index contributed by atoms with van der Waals surface area (Å²) in [7, 11) is 0. The molecule has 294 valence electrons. The number of para-hydroxylation sites is 2. The maximum atomic E-state index is 6.73. The van der Waals surface area contributed by atoms with Crippen LogP contribution in [0.15, 0.2) is 235 Å². The summed E-state index contributed by atoms with van der Waals surface area (Å²) < 4.78 is 9.13. The highest BCUT2D eigenvalue weighted by Gasteiger charge is 2.22. The third-order valence-electron chi connectivity index (χ3n) is 13.0. The Bertz CT molecular complexity index is 3860. The van der Waals surface area contributed by atoms with Crippen LogP contribution in [0.5, 0.6) is 0 Å². The molecule has 0 bridgehead atoms. The van der Waals surface area contributed by atoms with Crippen LogP contribution in [-0.4, -0.2) is 4.57 Å². The number of fused-ring (bicyclic) bond motifs is 11. The molecule has 2 aromatic heterocycles. The third-order valence-corrected chi connectivity index (χ3v) is 13.0. The fourth-order valence-corrected chi connectivity index (χ4v) is 10.1. The Morgan fingerprint density at radius 3 is 1.67 bits per heavy atom. The molecule has 13 rings (SSSR count). The third kappa shape index (κ3) is 5.60. The zero-order valence-corrected chi connectivity index (χ0v) is 34.2. The Morgan fingerprint density at radius 1 is 0.349 bits per heavy atom. The van der Waals surface area contributed by atoms with E-state index in [1.165, 1.54) is 65.6 Å². The average Bonchev–Trinajstić information content (AvgIpc) is 3.91. The number of furan rings is 1. The van der Waals surface area contributed by atoms with Gasteiger partial charge in [-0.2, -0.15) is 0 Å². The molecule has 0 saturated carbocycles. The first kappa shape index (κ1) is 35.4. The topological polar surface area (TPSA) is 21.3 Å².